The predicted molar refractivity (Wildman–Crippen MR) is 62.0 cm³/mol. The fourth-order valence-electron chi connectivity index (χ4n) is 1.98. The van der Waals surface area contributed by atoms with Gasteiger partial charge in [-0.15, -0.1) is 0 Å². The molecule has 1 fully saturated rings. The van der Waals surface area contributed by atoms with Crippen LogP contribution in [0, 0.1) is 11.7 Å². The van der Waals surface area contributed by atoms with Crippen LogP contribution in [0.4, 0.5) is 17.6 Å². The van der Waals surface area contributed by atoms with Crippen molar-refractivity contribution in [3.63, 3.8) is 0 Å². The molecule has 0 spiro atoms. The summed E-state index contributed by atoms with van der Waals surface area (Å²) in [6.07, 6.45) is -2.52. The Morgan fingerprint density at radius 1 is 1.32 bits per heavy atom. The molecule has 106 valence electrons. The maximum atomic E-state index is 13.0. The van der Waals surface area contributed by atoms with E-state index < -0.39 is 30.2 Å². The number of alkyl halides is 3. The first-order chi connectivity index (χ1) is 8.91. The average Bonchev–Trinajstić information content (AvgIpc) is 3.14. The van der Waals surface area contributed by atoms with E-state index in [1.54, 1.807) is 0 Å². The monoisotopic (exact) mass is 277 g/mol. The van der Waals surface area contributed by atoms with E-state index >= 15 is 0 Å². The van der Waals surface area contributed by atoms with Crippen LogP contribution in [0.1, 0.15) is 30.0 Å². The fraction of sp³-hybridized carbons (Fsp3) is 0.538. The Morgan fingerprint density at radius 3 is 2.53 bits per heavy atom. The number of nitrogens with one attached hydrogen (secondary N) is 1. The van der Waals surface area contributed by atoms with Gasteiger partial charge in [0.15, 0.2) is 0 Å². The van der Waals surface area contributed by atoms with Crippen molar-refractivity contribution < 1.29 is 22.7 Å². The second kappa shape index (κ2) is 5.46. The van der Waals surface area contributed by atoms with Gasteiger partial charge in [-0.25, -0.2) is 4.39 Å². The minimum atomic E-state index is -4.63. The summed E-state index contributed by atoms with van der Waals surface area (Å²) in [5, 5.41) is 12.2. The van der Waals surface area contributed by atoms with Crippen LogP contribution in [-0.4, -0.2) is 18.3 Å². The molecule has 0 aromatic heterocycles. The van der Waals surface area contributed by atoms with Gasteiger partial charge in [0, 0.05) is 0 Å². The van der Waals surface area contributed by atoms with Crippen molar-refractivity contribution in [2.75, 3.05) is 13.2 Å². The molecular weight excluding hydrogens is 262 g/mol. The van der Waals surface area contributed by atoms with Gasteiger partial charge in [-0.1, -0.05) is 6.07 Å². The minimum Gasteiger partial charge on any atom is -0.394 e. The Kier molecular flexibility index (Phi) is 4.10. The van der Waals surface area contributed by atoms with E-state index in [1.165, 1.54) is 0 Å². The molecule has 0 aliphatic heterocycles. The predicted octanol–water partition coefficient (Wildman–Crippen LogP) is 2.88. The lowest BCUT2D eigenvalue weighted by Gasteiger charge is -2.21. The van der Waals surface area contributed by atoms with Crippen LogP contribution in [0.25, 0.3) is 0 Å². The fourth-order valence-corrected chi connectivity index (χ4v) is 1.98. The third-order valence-corrected chi connectivity index (χ3v) is 3.23. The van der Waals surface area contributed by atoms with Crippen LogP contribution < -0.4 is 5.32 Å². The van der Waals surface area contributed by atoms with Crippen molar-refractivity contribution in [1.29, 1.82) is 0 Å². The van der Waals surface area contributed by atoms with Gasteiger partial charge >= 0.3 is 6.18 Å². The van der Waals surface area contributed by atoms with Crippen molar-refractivity contribution in [2.45, 2.75) is 25.1 Å². The number of hydrogen-bond donors (Lipinski definition) is 2. The van der Waals surface area contributed by atoms with Crippen LogP contribution >= 0.6 is 0 Å². The van der Waals surface area contributed by atoms with Crippen LogP contribution in [0.5, 0.6) is 0 Å². The molecule has 1 aliphatic carbocycles. The molecule has 1 aliphatic rings. The third kappa shape index (κ3) is 3.67. The second-order valence-electron chi connectivity index (χ2n) is 4.82. The van der Waals surface area contributed by atoms with Gasteiger partial charge in [0.05, 0.1) is 18.2 Å². The lowest BCUT2D eigenvalue weighted by molar-refractivity contribution is -0.138. The number of aliphatic hydroxyl groups is 1. The van der Waals surface area contributed by atoms with E-state index in [0.717, 1.165) is 25.0 Å². The zero-order valence-corrected chi connectivity index (χ0v) is 10.2. The summed E-state index contributed by atoms with van der Waals surface area (Å²) in [4.78, 5) is 0. The first-order valence-electron chi connectivity index (χ1n) is 6.12. The lowest BCUT2D eigenvalue weighted by atomic mass is 10.00. The summed E-state index contributed by atoms with van der Waals surface area (Å²) in [6, 6.07) is 1.71. The Labute approximate surface area is 108 Å². The van der Waals surface area contributed by atoms with Gasteiger partial charge in [-0.3, -0.25) is 0 Å². The van der Waals surface area contributed by atoms with Crippen molar-refractivity contribution in [2.24, 2.45) is 5.92 Å². The highest BCUT2D eigenvalue weighted by Crippen LogP contribution is 2.35. The molecule has 2 nitrogen and oxygen atoms in total. The van der Waals surface area contributed by atoms with E-state index in [2.05, 4.69) is 5.32 Å². The SMILES string of the molecule is OCC(NCC1CC1)c1ccc(F)cc1C(F)(F)F. The number of halogens is 4. The summed E-state index contributed by atoms with van der Waals surface area (Å²) < 4.78 is 51.6. The molecule has 0 amide bonds. The normalized spacial score (nSPS) is 17.5. The van der Waals surface area contributed by atoms with Crippen LogP contribution in [-0.2, 0) is 6.18 Å². The topological polar surface area (TPSA) is 32.3 Å². The number of hydrogen-bond acceptors (Lipinski definition) is 2. The van der Waals surface area contributed by atoms with Crippen LogP contribution in [0.2, 0.25) is 0 Å². The summed E-state index contributed by atoms with van der Waals surface area (Å²) in [7, 11) is 0. The zero-order chi connectivity index (χ0) is 14.0. The first kappa shape index (κ1) is 14.3. The molecule has 1 saturated carbocycles. The van der Waals surface area contributed by atoms with Crippen LogP contribution in [0.3, 0.4) is 0 Å². The van der Waals surface area contributed by atoms with Crippen molar-refractivity contribution in [1.82, 2.24) is 5.32 Å². The number of rotatable bonds is 5. The molecule has 2 N–H and O–H groups in total. The standard InChI is InChI=1S/C13H15F4NO/c14-9-3-4-10(11(5-9)13(15,16)17)12(7-19)18-6-8-1-2-8/h3-5,8,12,18-19H,1-2,6-7H2. The summed E-state index contributed by atoms with van der Waals surface area (Å²) in [5.41, 5.74) is -1.15. The van der Waals surface area contributed by atoms with E-state index in [-0.39, 0.29) is 5.56 Å². The highest BCUT2D eigenvalue weighted by Gasteiger charge is 2.36. The van der Waals surface area contributed by atoms with E-state index in [4.69, 9.17) is 0 Å². The molecule has 2 rings (SSSR count). The quantitative estimate of drug-likeness (QED) is 0.811. The molecule has 19 heavy (non-hydrogen) atoms. The van der Waals surface area contributed by atoms with Gasteiger partial charge in [0.1, 0.15) is 5.82 Å². The van der Waals surface area contributed by atoms with E-state index in [1.807, 2.05) is 0 Å². The van der Waals surface area contributed by atoms with Crippen molar-refractivity contribution in [3.8, 4) is 0 Å². The van der Waals surface area contributed by atoms with Gasteiger partial charge in [-0.2, -0.15) is 13.2 Å². The Balaban J connectivity index is 2.24. The van der Waals surface area contributed by atoms with Crippen molar-refractivity contribution >= 4 is 0 Å². The summed E-state index contributed by atoms with van der Waals surface area (Å²) in [5.74, 6) is -0.459. The Morgan fingerprint density at radius 2 is 2.00 bits per heavy atom. The Bertz CT molecular complexity index is 443. The van der Waals surface area contributed by atoms with Gasteiger partial charge in [-0.05, 0) is 43.0 Å². The molecule has 0 saturated heterocycles. The molecule has 1 unspecified atom stereocenters. The maximum Gasteiger partial charge on any atom is 0.416 e. The molecule has 0 bridgehead atoms. The number of aliphatic hydroxyl groups excluding tert-OH is 1. The molecule has 1 aromatic rings. The largest absolute Gasteiger partial charge is 0.416 e. The maximum absolute atomic E-state index is 13.0. The molecule has 1 aromatic carbocycles. The molecule has 1 atom stereocenters. The van der Waals surface area contributed by atoms with E-state index in [9.17, 15) is 22.7 Å². The summed E-state index contributed by atoms with van der Waals surface area (Å²) in [6.45, 7) is 0.112. The van der Waals surface area contributed by atoms with Gasteiger partial charge in [0.2, 0.25) is 0 Å². The van der Waals surface area contributed by atoms with Gasteiger partial charge < -0.3 is 10.4 Å². The van der Waals surface area contributed by atoms with Crippen molar-refractivity contribution in [3.05, 3.63) is 35.1 Å². The summed E-state index contributed by atoms with van der Waals surface area (Å²) >= 11 is 0. The first-order valence-corrected chi connectivity index (χ1v) is 6.12. The van der Waals surface area contributed by atoms with Crippen LogP contribution in [0.15, 0.2) is 18.2 Å². The average molecular weight is 277 g/mol. The smallest absolute Gasteiger partial charge is 0.394 e. The highest BCUT2D eigenvalue weighted by molar-refractivity contribution is 5.33. The molecule has 6 heteroatoms. The van der Waals surface area contributed by atoms with Gasteiger partial charge in [0.25, 0.3) is 0 Å². The molecule has 0 heterocycles. The second-order valence-corrected chi connectivity index (χ2v) is 4.82. The van der Waals surface area contributed by atoms with E-state index in [0.29, 0.717) is 18.5 Å². The third-order valence-electron chi connectivity index (χ3n) is 3.23. The lowest BCUT2D eigenvalue weighted by Crippen LogP contribution is -2.28. The molecular formula is C13H15F4NO. The number of benzene rings is 1. The highest BCUT2D eigenvalue weighted by atomic mass is 19.4. The Hall–Kier alpha value is -1.14. The molecule has 0 radical (unpaired) electrons. The zero-order valence-electron chi connectivity index (χ0n) is 10.2. The minimum absolute atomic E-state index is 0.114.